The largest absolute Gasteiger partial charge is 0.494 e. The van der Waals surface area contributed by atoms with Crippen LogP contribution in [0, 0.1) is 6.92 Å². The standard InChI is InChI=1S/C11H12N4O3/c1-7-5-15(6-13-7)8-4-12-10(14-11(16)17)3-9(8)18-2/h3-6H,1-2H3,(H,12,14)(H,16,17). The van der Waals surface area contributed by atoms with Gasteiger partial charge in [0.25, 0.3) is 0 Å². The van der Waals surface area contributed by atoms with Crippen LogP contribution in [0.4, 0.5) is 10.6 Å². The van der Waals surface area contributed by atoms with Crippen LogP contribution < -0.4 is 10.1 Å². The first-order chi connectivity index (χ1) is 8.60. The zero-order chi connectivity index (χ0) is 13.1. The summed E-state index contributed by atoms with van der Waals surface area (Å²) >= 11 is 0. The van der Waals surface area contributed by atoms with E-state index in [9.17, 15) is 4.79 Å². The van der Waals surface area contributed by atoms with E-state index in [0.717, 1.165) is 5.69 Å². The number of ether oxygens (including phenoxy) is 1. The first kappa shape index (κ1) is 11.9. The number of amides is 1. The topological polar surface area (TPSA) is 89.3 Å². The van der Waals surface area contributed by atoms with E-state index in [1.165, 1.54) is 19.4 Å². The lowest BCUT2D eigenvalue weighted by molar-refractivity contribution is 0.209. The summed E-state index contributed by atoms with van der Waals surface area (Å²) < 4.78 is 6.97. The second-order valence-electron chi connectivity index (χ2n) is 3.59. The van der Waals surface area contributed by atoms with Crippen LogP contribution in [0.3, 0.4) is 0 Å². The molecule has 2 N–H and O–H groups in total. The summed E-state index contributed by atoms with van der Waals surface area (Å²) in [6.45, 7) is 1.87. The molecule has 2 rings (SSSR count). The average Bonchev–Trinajstić information content (AvgIpc) is 2.74. The molecule has 0 saturated heterocycles. The predicted octanol–water partition coefficient (Wildman–Crippen LogP) is 1.67. The highest BCUT2D eigenvalue weighted by Gasteiger charge is 2.09. The van der Waals surface area contributed by atoms with E-state index in [2.05, 4.69) is 15.3 Å². The molecule has 0 spiro atoms. The maximum absolute atomic E-state index is 10.5. The molecule has 18 heavy (non-hydrogen) atoms. The van der Waals surface area contributed by atoms with Crippen LogP contribution in [0.2, 0.25) is 0 Å². The molecule has 0 saturated carbocycles. The van der Waals surface area contributed by atoms with Crippen molar-refractivity contribution in [2.45, 2.75) is 6.92 Å². The number of pyridine rings is 1. The highest BCUT2D eigenvalue weighted by Crippen LogP contribution is 2.24. The fourth-order valence-corrected chi connectivity index (χ4v) is 1.52. The van der Waals surface area contributed by atoms with E-state index in [-0.39, 0.29) is 5.82 Å². The van der Waals surface area contributed by atoms with Gasteiger partial charge in [-0.05, 0) is 6.92 Å². The van der Waals surface area contributed by atoms with Crippen molar-refractivity contribution in [2.24, 2.45) is 0 Å². The smallest absolute Gasteiger partial charge is 0.410 e. The Kier molecular flexibility index (Phi) is 3.13. The minimum Gasteiger partial charge on any atom is -0.494 e. The molecule has 0 fully saturated rings. The number of nitrogens with one attached hydrogen (secondary N) is 1. The lowest BCUT2D eigenvalue weighted by Crippen LogP contribution is -2.09. The second-order valence-corrected chi connectivity index (χ2v) is 3.59. The molecule has 0 aromatic carbocycles. The number of anilines is 1. The van der Waals surface area contributed by atoms with Crippen LogP contribution in [0.25, 0.3) is 5.69 Å². The Bertz CT molecular complexity index is 579. The Morgan fingerprint density at radius 2 is 2.28 bits per heavy atom. The van der Waals surface area contributed by atoms with Gasteiger partial charge in [-0.1, -0.05) is 0 Å². The number of methoxy groups -OCH3 is 1. The van der Waals surface area contributed by atoms with Crippen LogP contribution in [-0.2, 0) is 0 Å². The second kappa shape index (κ2) is 4.74. The molecule has 1 amide bonds. The van der Waals surface area contributed by atoms with Crippen LogP contribution >= 0.6 is 0 Å². The van der Waals surface area contributed by atoms with Crippen molar-refractivity contribution < 1.29 is 14.6 Å². The van der Waals surface area contributed by atoms with Gasteiger partial charge in [0.05, 0.1) is 25.3 Å². The van der Waals surface area contributed by atoms with Crippen molar-refractivity contribution in [3.05, 3.63) is 30.5 Å². The Morgan fingerprint density at radius 1 is 1.50 bits per heavy atom. The number of carboxylic acid groups (broad SMARTS) is 1. The summed E-state index contributed by atoms with van der Waals surface area (Å²) in [6, 6.07) is 1.51. The van der Waals surface area contributed by atoms with Crippen LogP contribution in [0.1, 0.15) is 5.69 Å². The first-order valence-electron chi connectivity index (χ1n) is 5.15. The number of rotatable bonds is 3. The van der Waals surface area contributed by atoms with Gasteiger partial charge in [-0.2, -0.15) is 0 Å². The summed E-state index contributed by atoms with van der Waals surface area (Å²) in [5, 5.41) is 10.8. The normalized spacial score (nSPS) is 10.1. The van der Waals surface area contributed by atoms with E-state index in [1.807, 2.05) is 13.1 Å². The van der Waals surface area contributed by atoms with Gasteiger partial charge in [0.2, 0.25) is 0 Å². The van der Waals surface area contributed by atoms with Crippen LogP contribution in [0.15, 0.2) is 24.8 Å². The Labute approximate surface area is 103 Å². The fraction of sp³-hybridized carbons (Fsp3) is 0.182. The molecule has 94 valence electrons. The quantitative estimate of drug-likeness (QED) is 0.862. The number of hydrogen-bond acceptors (Lipinski definition) is 4. The lowest BCUT2D eigenvalue weighted by atomic mass is 10.3. The summed E-state index contributed by atoms with van der Waals surface area (Å²) in [4.78, 5) is 18.6. The average molecular weight is 248 g/mol. The number of nitrogens with zero attached hydrogens (tertiary/aromatic N) is 3. The Balaban J connectivity index is 2.40. The third-order valence-electron chi connectivity index (χ3n) is 2.29. The number of carbonyl (C=O) groups is 1. The van der Waals surface area contributed by atoms with Gasteiger partial charge in [-0.25, -0.2) is 14.8 Å². The molecule has 0 radical (unpaired) electrons. The van der Waals surface area contributed by atoms with Gasteiger partial charge in [-0.15, -0.1) is 0 Å². The van der Waals surface area contributed by atoms with Crippen molar-refractivity contribution in [3.63, 3.8) is 0 Å². The minimum atomic E-state index is -1.17. The number of imidazole rings is 1. The van der Waals surface area contributed by atoms with Gasteiger partial charge in [0.15, 0.2) is 0 Å². The maximum atomic E-state index is 10.5. The van der Waals surface area contributed by atoms with E-state index >= 15 is 0 Å². The molecule has 0 aliphatic heterocycles. The monoisotopic (exact) mass is 248 g/mol. The molecular weight excluding hydrogens is 236 g/mol. The van der Waals surface area contributed by atoms with Crippen LogP contribution in [0.5, 0.6) is 5.75 Å². The zero-order valence-electron chi connectivity index (χ0n) is 9.91. The molecule has 7 nitrogen and oxygen atoms in total. The molecule has 2 aromatic heterocycles. The van der Waals surface area contributed by atoms with Gasteiger partial charge >= 0.3 is 6.09 Å². The highest BCUT2D eigenvalue weighted by atomic mass is 16.5. The number of aryl methyl sites for hydroxylation is 1. The predicted molar refractivity (Wildman–Crippen MR) is 64.3 cm³/mol. The van der Waals surface area contributed by atoms with Crippen molar-refractivity contribution in [1.29, 1.82) is 0 Å². The molecule has 0 aliphatic carbocycles. The summed E-state index contributed by atoms with van der Waals surface area (Å²) in [5.41, 5.74) is 1.55. The van der Waals surface area contributed by atoms with Gasteiger partial charge in [0, 0.05) is 12.3 Å². The fourth-order valence-electron chi connectivity index (χ4n) is 1.52. The van der Waals surface area contributed by atoms with E-state index in [4.69, 9.17) is 9.84 Å². The minimum absolute atomic E-state index is 0.208. The zero-order valence-corrected chi connectivity index (χ0v) is 9.91. The van der Waals surface area contributed by atoms with E-state index in [1.54, 1.807) is 10.9 Å². The Morgan fingerprint density at radius 3 is 2.83 bits per heavy atom. The molecule has 2 aromatic rings. The molecule has 0 bridgehead atoms. The Hall–Kier alpha value is -2.57. The molecule has 7 heteroatoms. The molecule has 0 atom stereocenters. The summed E-state index contributed by atoms with van der Waals surface area (Å²) in [5.74, 6) is 0.714. The third-order valence-corrected chi connectivity index (χ3v) is 2.29. The van der Waals surface area contributed by atoms with Crippen LogP contribution in [-0.4, -0.2) is 32.8 Å². The first-order valence-corrected chi connectivity index (χ1v) is 5.15. The van der Waals surface area contributed by atoms with E-state index in [0.29, 0.717) is 11.4 Å². The number of aromatic nitrogens is 3. The summed E-state index contributed by atoms with van der Waals surface area (Å²) in [6.07, 6.45) is 3.81. The molecule has 0 aliphatic rings. The van der Waals surface area contributed by atoms with Crippen molar-refractivity contribution in [2.75, 3.05) is 12.4 Å². The van der Waals surface area contributed by atoms with Crippen molar-refractivity contribution in [1.82, 2.24) is 14.5 Å². The molecular formula is C11H12N4O3. The van der Waals surface area contributed by atoms with E-state index < -0.39 is 6.09 Å². The summed E-state index contributed by atoms with van der Waals surface area (Å²) in [7, 11) is 1.51. The van der Waals surface area contributed by atoms with Gasteiger partial charge < -0.3 is 14.4 Å². The van der Waals surface area contributed by atoms with Crippen molar-refractivity contribution >= 4 is 11.9 Å². The number of hydrogen-bond donors (Lipinski definition) is 2. The van der Waals surface area contributed by atoms with Crippen molar-refractivity contribution in [3.8, 4) is 11.4 Å². The van der Waals surface area contributed by atoms with Gasteiger partial charge in [-0.3, -0.25) is 5.32 Å². The third kappa shape index (κ3) is 2.40. The SMILES string of the molecule is COc1cc(NC(=O)O)ncc1-n1cnc(C)c1. The lowest BCUT2D eigenvalue weighted by Gasteiger charge is -2.10. The molecule has 0 unspecified atom stereocenters. The highest BCUT2D eigenvalue weighted by molar-refractivity contribution is 5.81. The molecule has 2 heterocycles. The maximum Gasteiger partial charge on any atom is 0.410 e. The van der Waals surface area contributed by atoms with Gasteiger partial charge in [0.1, 0.15) is 17.3 Å².